The van der Waals surface area contributed by atoms with Gasteiger partial charge in [0.2, 0.25) is 0 Å². The lowest BCUT2D eigenvalue weighted by Gasteiger charge is -1.96. The van der Waals surface area contributed by atoms with Crippen LogP contribution in [0.2, 0.25) is 0 Å². The van der Waals surface area contributed by atoms with Gasteiger partial charge in [0.25, 0.3) is 0 Å². The average Bonchev–Trinajstić information content (AvgIpc) is 2.13. The van der Waals surface area contributed by atoms with Crippen LogP contribution in [-0.4, -0.2) is 6.29 Å². The van der Waals surface area contributed by atoms with Gasteiger partial charge in [-0.05, 0) is 6.07 Å². The predicted octanol–water partition coefficient (Wildman–Crippen LogP) is 2.57. The van der Waals surface area contributed by atoms with Crippen molar-refractivity contribution in [2.75, 3.05) is 0 Å². The van der Waals surface area contributed by atoms with Crippen LogP contribution in [0.1, 0.15) is 12.0 Å². The Morgan fingerprint density at radius 3 is 2.77 bits per heavy atom. The molecule has 1 nitrogen and oxygen atoms in total. The minimum absolute atomic E-state index is 0.154. The van der Waals surface area contributed by atoms with Gasteiger partial charge in [0.1, 0.15) is 6.29 Å². The number of rotatable bonds is 3. The van der Waals surface area contributed by atoms with E-state index < -0.39 is 11.6 Å². The number of carbonyl (C=O) groups excluding carboxylic acids is 1. The van der Waals surface area contributed by atoms with Crippen LogP contribution in [0.25, 0.3) is 6.08 Å². The molecule has 0 saturated heterocycles. The van der Waals surface area contributed by atoms with E-state index in [0.29, 0.717) is 6.29 Å². The fourth-order valence-corrected chi connectivity index (χ4v) is 0.900. The van der Waals surface area contributed by atoms with Crippen molar-refractivity contribution in [2.45, 2.75) is 6.42 Å². The van der Waals surface area contributed by atoms with Gasteiger partial charge in [-0.25, -0.2) is 8.78 Å². The molecule has 0 unspecified atom stereocenters. The second-order valence-corrected chi connectivity index (χ2v) is 2.45. The van der Waals surface area contributed by atoms with E-state index in [4.69, 9.17) is 0 Å². The number of allylic oxidation sites excluding steroid dienone is 1. The number of aldehydes is 1. The lowest BCUT2D eigenvalue weighted by atomic mass is 10.2. The van der Waals surface area contributed by atoms with Crippen molar-refractivity contribution >= 4 is 12.4 Å². The lowest BCUT2D eigenvalue weighted by Crippen LogP contribution is -1.86. The first-order valence-electron chi connectivity index (χ1n) is 3.80. The monoisotopic (exact) mass is 182 g/mol. The third-order valence-corrected chi connectivity index (χ3v) is 1.51. The quantitative estimate of drug-likeness (QED) is 0.656. The number of hydrogen-bond donors (Lipinski definition) is 0. The van der Waals surface area contributed by atoms with Crippen LogP contribution in [-0.2, 0) is 4.79 Å². The lowest BCUT2D eigenvalue weighted by molar-refractivity contribution is -0.107. The van der Waals surface area contributed by atoms with Crippen LogP contribution in [0.5, 0.6) is 0 Å². The van der Waals surface area contributed by atoms with Gasteiger partial charge in [-0.2, -0.15) is 0 Å². The maximum absolute atomic E-state index is 12.9. The van der Waals surface area contributed by atoms with E-state index in [1.807, 2.05) is 0 Å². The van der Waals surface area contributed by atoms with E-state index >= 15 is 0 Å². The van der Waals surface area contributed by atoms with Crippen LogP contribution >= 0.6 is 0 Å². The summed E-state index contributed by atoms with van der Waals surface area (Å²) in [4.78, 5) is 9.93. The number of halogens is 2. The van der Waals surface area contributed by atoms with Crippen molar-refractivity contribution in [1.82, 2.24) is 0 Å². The molecule has 0 spiro atoms. The molecule has 0 aliphatic carbocycles. The standard InChI is InChI=1S/C10H8F2O/c11-9-6-3-5-8(10(9)12)4-1-2-7-13/h1,3-7H,2H2/b4-1+. The third-order valence-electron chi connectivity index (χ3n) is 1.51. The zero-order valence-corrected chi connectivity index (χ0v) is 6.84. The summed E-state index contributed by atoms with van der Waals surface area (Å²) in [7, 11) is 0. The first-order valence-corrected chi connectivity index (χ1v) is 3.80. The molecule has 68 valence electrons. The molecular weight excluding hydrogens is 174 g/mol. The fourth-order valence-electron chi connectivity index (χ4n) is 0.900. The number of hydrogen-bond acceptors (Lipinski definition) is 1. The zero-order chi connectivity index (χ0) is 9.68. The molecule has 0 amide bonds. The molecule has 0 atom stereocenters. The molecule has 0 N–H and O–H groups in total. The van der Waals surface area contributed by atoms with Gasteiger partial charge in [0.15, 0.2) is 11.6 Å². The van der Waals surface area contributed by atoms with Gasteiger partial charge >= 0.3 is 0 Å². The summed E-state index contributed by atoms with van der Waals surface area (Å²) in [5, 5.41) is 0. The first-order chi connectivity index (χ1) is 6.25. The van der Waals surface area contributed by atoms with Crippen LogP contribution in [0, 0.1) is 11.6 Å². The molecule has 0 saturated carbocycles. The maximum Gasteiger partial charge on any atom is 0.166 e. The highest BCUT2D eigenvalue weighted by molar-refractivity contribution is 5.58. The van der Waals surface area contributed by atoms with Gasteiger partial charge in [-0.3, -0.25) is 0 Å². The largest absolute Gasteiger partial charge is 0.303 e. The molecule has 1 aromatic rings. The maximum atomic E-state index is 12.9. The minimum atomic E-state index is -0.885. The zero-order valence-electron chi connectivity index (χ0n) is 6.84. The summed E-state index contributed by atoms with van der Waals surface area (Å²) < 4.78 is 25.5. The molecule has 0 aliphatic rings. The second kappa shape index (κ2) is 4.50. The molecule has 1 aromatic carbocycles. The molecular formula is C10H8F2O. The summed E-state index contributed by atoms with van der Waals surface area (Å²) in [6.07, 6.45) is 3.75. The number of benzene rings is 1. The topological polar surface area (TPSA) is 17.1 Å². The average molecular weight is 182 g/mol. The molecule has 0 aliphatic heterocycles. The highest BCUT2D eigenvalue weighted by atomic mass is 19.2. The number of carbonyl (C=O) groups is 1. The third kappa shape index (κ3) is 2.47. The Hall–Kier alpha value is -1.51. The van der Waals surface area contributed by atoms with Crippen molar-refractivity contribution in [1.29, 1.82) is 0 Å². The minimum Gasteiger partial charge on any atom is -0.303 e. The Kier molecular flexibility index (Phi) is 3.31. The van der Waals surface area contributed by atoms with Gasteiger partial charge in [-0.15, -0.1) is 0 Å². The van der Waals surface area contributed by atoms with Crippen molar-refractivity contribution < 1.29 is 13.6 Å². The Morgan fingerprint density at radius 2 is 2.08 bits per heavy atom. The summed E-state index contributed by atoms with van der Waals surface area (Å²) >= 11 is 0. The van der Waals surface area contributed by atoms with Crippen molar-refractivity contribution in [2.24, 2.45) is 0 Å². The van der Waals surface area contributed by atoms with Crippen molar-refractivity contribution in [3.05, 3.63) is 41.5 Å². The molecule has 0 fully saturated rings. The second-order valence-electron chi connectivity index (χ2n) is 2.45. The Balaban J connectivity index is 2.88. The van der Waals surface area contributed by atoms with E-state index in [1.54, 1.807) is 0 Å². The molecule has 3 heteroatoms. The molecule has 0 bridgehead atoms. The van der Waals surface area contributed by atoms with E-state index in [2.05, 4.69) is 0 Å². The summed E-state index contributed by atoms with van der Waals surface area (Å²) in [6, 6.07) is 3.91. The highest BCUT2D eigenvalue weighted by Crippen LogP contribution is 2.12. The Bertz CT molecular complexity index is 332. The first kappa shape index (κ1) is 9.58. The van der Waals surface area contributed by atoms with Gasteiger partial charge in [-0.1, -0.05) is 24.3 Å². The van der Waals surface area contributed by atoms with E-state index in [0.717, 1.165) is 6.07 Å². The molecule has 0 aromatic heterocycles. The molecule has 13 heavy (non-hydrogen) atoms. The Morgan fingerprint density at radius 1 is 1.31 bits per heavy atom. The van der Waals surface area contributed by atoms with Gasteiger partial charge in [0, 0.05) is 12.0 Å². The normalized spacial score (nSPS) is 10.6. The van der Waals surface area contributed by atoms with Gasteiger partial charge < -0.3 is 4.79 Å². The molecule has 0 heterocycles. The van der Waals surface area contributed by atoms with Crippen LogP contribution < -0.4 is 0 Å². The highest BCUT2D eigenvalue weighted by Gasteiger charge is 2.03. The van der Waals surface area contributed by atoms with Crippen LogP contribution in [0.4, 0.5) is 8.78 Å². The van der Waals surface area contributed by atoms with E-state index in [1.165, 1.54) is 24.3 Å². The predicted molar refractivity (Wildman–Crippen MR) is 46.1 cm³/mol. The van der Waals surface area contributed by atoms with Crippen LogP contribution in [0.3, 0.4) is 0 Å². The molecule has 1 rings (SSSR count). The summed E-state index contributed by atoms with van der Waals surface area (Å²) in [6.45, 7) is 0. The van der Waals surface area contributed by atoms with Crippen LogP contribution in [0.15, 0.2) is 24.3 Å². The van der Waals surface area contributed by atoms with Gasteiger partial charge in [0.05, 0.1) is 0 Å². The van der Waals surface area contributed by atoms with Crippen molar-refractivity contribution in [3.63, 3.8) is 0 Å². The Labute approximate surface area is 74.7 Å². The molecule has 0 radical (unpaired) electrons. The van der Waals surface area contributed by atoms with E-state index in [-0.39, 0.29) is 12.0 Å². The summed E-state index contributed by atoms with van der Waals surface area (Å²) in [5.74, 6) is -1.77. The smallest absolute Gasteiger partial charge is 0.166 e. The van der Waals surface area contributed by atoms with E-state index in [9.17, 15) is 13.6 Å². The fraction of sp³-hybridized carbons (Fsp3) is 0.100. The summed E-state index contributed by atoms with van der Waals surface area (Å²) in [5.41, 5.74) is 0.154. The van der Waals surface area contributed by atoms with Crippen molar-refractivity contribution in [3.8, 4) is 0 Å². The SMILES string of the molecule is O=CC/C=C/c1cccc(F)c1F.